The van der Waals surface area contributed by atoms with Gasteiger partial charge in [0.05, 0.1) is 0 Å². The Balaban J connectivity index is 2.96. The van der Waals surface area contributed by atoms with Gasteiger partial charge in [0.1, 0.15) is 0 Å². The van der Waals surface area contributed by atoms with Crippen molar-refractivity contribution in [2.24, 2.45) is 0 Å². The number of hydrogen-bond acceptors (Lipinski definition) is 6. The number of aromatic hydroxyl groups is 1. The van der Waals surface area contributed by atoms with Gasteiger partial charge in [-0.2, -0.15) is 0 Å². The molecule has 0 saturated carbocycles. The van der Waals surface area contributed by atoms with Crippen LogP contribution in [0.4, 0.5) is 5.69 Å². The van der Waals surface area contributed by atoms with Crippen molar-refractivity contribution in [2.45, 2.75) is 13.3 Å². The van der Waals surface area contributed by atoms with E-state index in [9.17, 15) is 22.5 Å². The molecule has 0 radical (unpaired) electrons. The molecule has 0 aliphatic rings. The van der Waals surface area contributed by atoms with E-state index in [1.165, 1.54) is 32.2 Å². The van der Waals surface area contributed by atoms with Crippen LogP contribution in [-0.4, -0.2) is 49.0 Å². The summed E-state index contributed by atoms with van der Waals surface area (Å²) >= 11 is -5.01. The summed E-state index contributed by atoms with van der Waals surface area (Å²) in [6.07, 6.45) is -0.184. The average Bonchev–Trinajstić information content (AvgIpc) is 2.40. The van der Waals surface area contributed by atoms with Crippen LogP contribution in [0.5, 0.6) is 5.75 Å². The minimum absolute atomic E-state index is 0.173. The maximum atomic E-state index is 12.2. The number of methoxy groups -OCH3 is 1. The number of carbonyl (C=O) groups is 2. The zero-order valence-corrected chi connectivity index (χ0v) is 13.4. The van der Waals surface area contributed by atoms with Gasteiger partial charge in [-0.15, -0.1) is 0 Å². The minimum atomic E-state index is -5.01. The molecular formula is C12H16AsNO7. The number of ether oxygens (including phenoxy) is 1. The summed E-state index contributed by atoms with van der Waals surface area (Å²) in [5.74, 6) is -1.44. The van der Waals surface area contributed by atoms with Gasteiger partial charge in [0.15, 0.2) is 0 Å². The molecule has 1 unspecified atom stereocenters. The van der Waals surface area contributed by atoms with Crippen LogP contribution in [0.15, 0.2) is 18.2 Å². The van der Waals surface area contributed by atoms with E-state index in [0.717, 1.165) is 0 Å². The second kappa shape index (κ2) is 7.30. The monoisotopic (exact) mass is 361 g/mol. The number of esters is 1. The Morgan fingerprint density at radius 1 is 1.38 bits per heavy atom. The van der Waals surface area contributed by atoms with Crippen LogP contribution >= 0.6 is 0 Å². The molecule has 0 spiro atoms. The summed E-state index contributed by atoms with van der Waals surface area (Å²) in [6, 6.07) is 3.88. The molecule has 0 aliphatic carbocycles. The molecule has 116 valence electrons. The number of phenols is 1. The molecule has 9 heteroatoms. The Kier molecular flexibility index (Phi) is 6.01. The van der Waals surface area contributed by atoms with Gasteiger partial charge < -0.3 is 0 Å². The number of carbonyl (C=O) groups excluding carboxylic acids is 2. The predicted octanol–water partition coefficient (Wildman–Crippen LogP) is -0.501. The van der Waals surface area contributed by atoms with Gasteiger partial charge in [-0.25, -0.2) is 0 Å². The quantitative estimate of drug-likeness (QED) is 0.355. The van der Waals surface area contributed by atoms with Crippen LogP contribution in [0.3, 0.4) is 0 Å². The number of para-hydroxylation sites is 1. The second-order valence-corrected chi connectivity index (χ2v) is 7.77. The van der Waals surface area contributed by atoms with E-state index in [0.29, 0.717) is 0 Å². The Bertz CT molecular complexity index is 587. The standard InChI is InChI=1S/C12H16AsNO7/c1-8(15)14-12-9(4-3-5-10(12)16)13(18,19)21-7-6-11(17)20-2/h3-5,16H,6-7H2,1-2H3,(H,14,15)(H,18,19). The summed E-state index contributed by atoms with van der Waals surface area (Å²) in [7, 11) is 1.19. The van der Waals surface area contributed by atoms with Gasteiger partial charge in [-0.3, -0.25) is 0 Å². The van der Waals surface area contributed by atoms with Crippen LogP contribution in [0.25, 0.3) is 0 Å². The molecule has 3 N–H and O–H groups in total. The molecule has 0 fully saturated rings. The van der Waals surface area contributed by atoms with Gasteiger partial charge in [0.2, 0.25) is 0 Å². The molecule has 0 aliphatic heterocycles. The van der Waals surface area contributed by atoms with Crippen molar-refractivity contribution in [1.82, 2.24) is 0 Å². The van der Waals surface area contributed by atoms with E-state index < -0.39 is 26.0 Å². The normalized spacial score (nSPS) is 13.3. The van der Waals surface area contributed by atoms with E-state index in [1.54, 1.807) is 0 Å². The van der Waals surface area contributed by atoms with Crippen LogP contribution in [0.1, 0.15) is 13.3 Å². The van der Waals surface area contributed by atoms with Gasteiger partial charge in [0, 0.05) is 0 Å². The third-order valence-corrected chi connectivity index (χ3v) is 5.60. The van der Waals surface area contributed by atoms with Gasteiger partial charge in [0.25, 0.3) is 0 Å². The first-order valence-electron chi connectivity index (χ1n) is 5.92. The number of anilines is 1. The molecule has 8 nitrogen and oxygen atoms in total. The Morgan fingerprint density at radius 2 is 2.05 bits per heavy atom. The average molecular weight is 361 g/mol. The van der Waals surface area contributed by atoms with E-state index in [-0.39, 0.29) is 28.8 Å². The van der Waals surface area contributed by atoms with Crippen LogP contribution < -0.4 is 9.67 Å². The number of nitrogens with one attached hydrogen (secondary N) is 1. The zero-order valence-electron chi connectivity index (χ0n) is 11.5. The number of rotatable bonds is 6. The van der Waals surface area contributed by atoms with E-state index >= 15 is 0 Å². The van der Waals surface area contributed by atoms with E-state index in [1.807, 2.05) is 0 Å². The Morgan fingerprint density at radius 3 is 2.62 bits per heavy atom. The van der Waals surface area contributed by atoms with Crippen molar-refractivity contribution >= 4 is 36.1 Å². The van der Waals surface area contributed by atoms with E-state index in [4.69, 9.17) is 3.73 Å². The molecule has 21 heavy (non-hydrogen) atoms. The summed E-state index contributed by atoms with van der Waals surface area (Å²) in [6.45, 7) is 0.887. The van der Waals surface area contributed by atoms with Gasteiger partial charge in [-0.05, 0) is 0 Å². The van der Waals surface area contributed by atoms with Gasteiger partial charge in [-0.1, -0.05) is 0 Å². The van der Waals surface area contributed by atoms with Crippen molar-refractivity contribution in [3.63, 3.8) is 0 Å². The second-order valence-electron chi connectivity index (χ2n) is 4.03. The summed E-state index contributed by atoms with van der Waals surface area (Å²) in [5.41, 5.74) is -0.173. The molecule has 1 aromatic carbocycles. The van der Waals surface area contributed by atoms with Crippen molar-refractivity contribution < 1.29 is 31.0 Å². The van der Waals surface area contributed by atoms with Crippen molar-refractivity contribution in [1.29, 1.82) is 0 Å². The molecule has 0 aromatic heterocycles. The van der Waals surface area contributed by atoms with Crippen LogP contribution in [0, 0.1) is 0 Å². The van der Waals surface area contributed by atoms with Crippen LogP contribution in [0.2, 0.25) is 0 Å². The number of phenolic OH excluding ortho intramolecular Hbond substituents is 1. The fraction of sp³-hybridized carbons (Fsp3) is 0.333. The third kappa shape index (κ3) is 4.93. The summed E-state index contributed by atoms with van der Waals surface area (Å²) < 4.78 is 31.2. The molecule has 1 atom stereocenters. The molecule has 1 aromatic rings. The fourth-order valence-electron chi connectivity index (χ4n) is 1.49. The first kappa shape index (κ1) is 17.3. The Hall–Kier alpha value is -1.76. The number of hydrogen-bond donors (Lipinski definition) is 3. The van der Waals surface area contributed by atoms with E-state index in [2.05, 4.69) is 10.1 Å². The van der Waals surface area contributed by atoms with Crippen molar-refractivity contribution in [3.05, 3.63) is 18.2 Å². The predicted molar refractivity (Wildman–Crippen MR) is 73.3 cm³/mol. The molecule has 1 amide bonds. The zero-order chi connectivity index (χ0) is 16.0. The SMILES string of the molecule is COC(=O)CCO[As](=O)(O)c1cccc(O)c1NC(C)=O. The number of amides is 1. The fourth-order valence-corrected chi connectivity index (χ4v) is 4.02. The first-order chi connectivity index (χ1) is 9.77. The molecule has 0 bridgehead atoms. The topological polar surface area (TPSA) is 122 Å². The molecule has 0 heterocycles. The summed E-state index contributed by atoms with van der Waals surface area (Å²) in [5, 5.41) is 12.0. The first-order valence-corrected chi connectivity index (χ1v) is 9.23. The van der Waals surface area contributed by atoms with Crippen molar-refractivity contribution in [2.75, 3.05) is 19.0 Å². The summed E-state index contributed by atoms with van der Waals surface area (Å²) in [4.78, 5) is 22.0. The van der Waals surface area contributed by atoms with Crippen molar-refractivity contribution in [3.8, 4) is 5.75 Å². The van der Waals surface area contributed by atoms with Crippen LogP contribution in [-0.2, 0) is 21.8 Å². The van der Waals surface area contributed by atoms with Gasteiger partial charge >= 0.3 is 123 Å². The maximum absolute atomic E-state index is 12.2. The molecular weight excluding hydrogens is 345 g/mol. The molecule has 1 rings (SSSR count). The Labute approximate surface area is 124 Å². The number of benzene rings is 1. The third-order valence-electron chi connectivity index (χ3n) is 2.43. The molecule has 0 saturated heterocycles.